The van der Waals surface area contributed by atoms with E-state index in [1.54, 1.807) is 19.2 Å². The molecule has 0 aliphatic heterocycles. The summed E-state index contributed by atoms with van der Waals surface area (Å²) in [5.74, 6) is 0.114. The average Bonchev–Trinajstić information content (AvgIpc) is 2.33. The molecule has 0 radical (unpaired) electrons. The summed E-state index contributed by atoms with van der Waals surface area (Å²) in [6.45, 7) is 0.134. The first-order chi connectivity index (χ1) is 8.73. The largest absolute Gasteiger partial charge is 0.497 e. The van der Waals surface area contributed by atoms with Crippen LogP contribution in [0.3, 0.4) is 0 Å². The molecule has 1 aromatic carbocycles. The third-order valence-electron chi connectivity index (χ3n) is 2.56. The van der Waals surface area contributed by atoms with Crippen molar-refractivity contribution < 1.29 is 17.9 Å². The van der Waals surface area contributed by atoms with Gasteiger partial charge >= 0.3 is 0 Å². The van der Waals surface area contributed by atoms with Gasteiger partial charge in [0, 0.05) is 37.2 Å². The fourth-order valence-corrected chi connectivity index (χ4v) is 2.09. The topological polar surface area (TPSA) is 89.7 Å². The molecule has 0 spiro atoms. The van der Waals surface area contributed by atoms with Crippen molar-refractivity contribution in [3.8, 4) is 5.75 Å². The lowest BCUT2D eigenvalue weighted by molar-refractivity contribution is 0.0803. The van der Waals surface area contributed by atoms with Crippen LogP contribution in [0.1, 0.15) is 10.4 Å². The van der Waals surface area contributed by atoms with Crippen molar-refractivity contribution in [3.63, 3.8) is 0 Å². The van der Waals surface area contributed by atoms with Crippen molar-refractivity contribution in [2.75, 3.05) is 38.4 Å². The maximum Gasteiger partial charge on any atom is 0.253 e. The first-order valence-electron chi connectivity index (χ1n) is 5.60. The predicted octanol–water partition coefficient (Wildman–Crippen LogP) is 0.394. The molecule has 0 aliphatic carbocycles. The van der Waals surface area contributed by atoms with Crippen LogP contribution in [0.4, 0.5) is 5.69 Å². The molecule has 7 heteroatoms. The van der Waals surface area contributed by atoms with E-state index >= 15 is 0 Å². The van der Waals surface area contributed by atoms with Crippen molar-refractivity contribution >= 4 is 21.4 Å². The number of methoxy groups -OCH3 is 1. The summed E-state index contributed by atoms with van der Waals surface area (Å²) in [6, 6.07) is 4.70. The van der Waals surface area contributed by atoms with Gasteiger partial charge in [0.2, 0.25) is 0 Å². The Balaban J connectivity index is 2.85. The number of hydrogen-bond acceptors (Lipinski definition) is 5. The normalized spacial score (nSPS) is 11.1. The molecule has 1 aromatic rings. The lowest BCUT2D eigenvalue weighted by Gasteiger charge is -2.17. The molecule has 2 N–H and O–H groups in total. The number of nitrogens with two attached hydrogens (primary N) is 1. The molecule has 106 valence electrons. The summed E-state index contributed by atoms with van der Waals surface area (Å²) in [4.78, 5) is 13.4. The summed E-state index contributed by atoms with van der Waals surface area (Å²) in [7, 11) is -0.0718. The monoisotopic (exact) mass is 286 g/mol. The first kappa shape index (κ1) is 15.3. The highest BCUT2D eigenvalue weighted by molar-refractivity contribution is 7.90. The Bertz CT molecular complexity index is 569. The molecule has 1 amide bonds. The maximum atomic E-state index is 12.1. The number of carbonyl (C=O) groups excluding carboxylic acids is 1. The Morgan fingerprint density at radius 1 is 1.37 bits per heavy atom. The van der Waals surface area contributed by atoms with E-state index in [-0.39, 0.29) is 18.2 Å². The summed E-state index contributed by atoms with van der Waals surface area (Å²) in [5.41, 5.74) is 6.45. The van der Waals surface area contributed by atoms with Gasteiger partial charge in [0.05, 0.1) is 12.9 Å². The van der Waals surface area contributed by atoms with E-state index in [4.69, 9.17) is 10.5 Å². The Morgan fingerprint density at radius 2 is 2.00 bits per heavy atom. The molecular weight excluding hydrogens is 268 g/mol. The SMILES string of the molecule is COc1cc(N)cc(C(=O)N(C)CCS(C)(=O)=O)c1. The highest BCUT2D eigenvalue weighted by atomic mass is 32.2. The second kappa shape index (κ2) is 5.92. The van der Waals surface area contributed by atoms with Gasteiger partial charge in [-0.05, 0) is 12.1 Å². The Hall–Kier alpha value is -1.76. The molecule has 0 aliphatic rings. The van der Waals surface area contributed by atoms with Gasteiger partial charge in [0.15, 0.2) is 0 Å². The molecule has 0 fully saturated rings. The number of sulfone groups is 1. The maximum absolute atomic E-state index is 12.1. The number of hydrogen-bond donors (Lipinski definition) is 1. The number of ether oxygens (including phenoxy) is 1. The molecular formula is C12H18N2O4S. The van der Waals surface area contributed by atoms with Crippen LogP contribution in [0, 0.1) is 0 Å². The lowest BCUT2D eigenvalue weighted by atomic mass is 10.1. The quantitative estimate of drug-likeness (QED) is 0.791. The number of benzene rings is 1. The smallest absolute Gasteiger partial charge is 0.253 e. The van der Waals surface area contributed by atoms with E-state index in [2.05, 4.69) is 0 Å². The summed E-state index contributed by atoms with van der Waals surface area (Å²) in [6.07, 6.45) is 1.13. The van der Waals surface area contributed by atoms with Crippen LogP contribution in [0.5, 0.6) is 5.75 Å². The molecule has 0 saturated heterocycles. The lowest BCUT2D eigenvalue weighted by Crippen LogP contribution is -2.31. The fraction of sp³-hybridized carbons (Fsp3) is 0.417. The van der Waals surface area contributed by atoms with Crippen molar-refractivity contribution in [1.29, 1.82) is 0 Å². The minimum Gasteiger partial charge on any atom is -0.497 e. The first-order valence-corrected chi connectivity index (χ1v) is 7.67. The van der Waals surface area contributed by atoms with Gasteiger partial charge < -0.3 is 15.4 Å². The summed E-state index contributed by atoms with van der Waals surface area (Å²) in [5, 5.41) is 0. The Morgan fingerprint density at radius 3 is 2.53 bits per heavy atom. The van der Waals surface area contributed by atoms with E-state index < -0.39 is 9.84 Å². The molecule has 0 heterocycles. The molecule has 19 heavy (non-hydrogen) atoms. The van der Waals surface area contributed by atoms with Crippen LogP contribution in [-0.2, 0) is 9.84 Å². The molecule has 6 nitrogen and oxygen atoms in total. The third kappa shape index (κ3) is 4.78. The highest BCUT2D eigenvalue weighted by Crippen LogP contribution is 2.19. The van der Waals surface area contributed by atoms with Gasteiger partial charge in [-0.25, -0.2) is 8.42 Å². The van der Waals surface area contributed by atoms with E-state index in [1.165, 1.54) is 18.1 Å². The van der Waals surface area contributed by atoms with Gasteiger partial charge in [0.1, 0.15) is 15.6 Å². The number of anilines is 1. The molecule has 0 atom stereocenters. The van der Waals surface area contributed by atoms with Crippen molar-refractivity contribution in [3.05, 3.63) is 23.8 Å². The highest BCUT2D eigenvalue weighted by Gasteiger charge is 2.15. The second-order valence-corrected chi connectivity index (χ2v) is 6.61. The van der Waals surface area contributed by atoms with Gasteiger partial charge in [-0.3, -0.25) is 4.79 Å². The van der Waals surface area contributed by atoms with E-state index in [0.717, 1.165) is 6.26 Å². The minimum atomic E-state index is -3.10. The van der Waals surface area contributed by atoms with Crippen LogP contribution in [0.25, 0.3) is 0 Å². The third-order valence-corrected chi connectivity index (χ3v) is 3.48. The zero-order chi connectivity index (χ0) is 14.6. The van der Waals surface area contributed by atoms with Crippen molar-refractivity contribution in [2.45, 2.75) is 0 Å². The van der Waals surface area contributed by atoms with E-state index in [0.29, 0.717) is 17.0 Å². The van der Waals surface area contributed by atoms with Crippen LogP contribution in [0.15, 0.2) is 18.2 Å². The molecule has 0 bridgehead atoms. The van der Waals surface area contributed by atoms with E-state index in [9.17, 15) is 13.2 Å². The van der Waals surface area contributed by atoms with Crippen LogP contribution in [0.2, 0.25) is 0 Å². The number of nitrogens with zero attached hydrogens (tertiary/aromatic N) is 1. The number of amides is 1. The van der Waals surface area contributed by atoms with Gasteiger partial charge in [-0.1, -0.05) is 0 Å². The number of nitrogen functional groups attached to an aromatic ring is 1. The van der Waals surface area contributed by atoms with Gasteiger partial charge in [-0.2, -0.15) is 0 Å². The van der Waals surface area contributed by atoms with E-state index in [1.807, 2.05) is 0 Å². The molecule has 0 saturated carbocycles. The molecule has 1 rings (SSSR count). The van der Waals surface area contributed by atoms with Crippen molar-refractivity contribution in [1.82, 2.24) is 4.90 Å². The van der Waals surface area contributed by atoms with Crippen LogP contribution in [-0.4, -0.2) is 51.9 Å². The van der Waals surface area contributed by atoms with Gasteiger partial charge in [0.25, 0.3) is 5.91 Å². The number of rotatable bonds is 5. The van der Waals surface area contributed by atoms with Gasteiger partial charge in [-0.15, -0.1) is 0 Å². The van der Waals surface area contributed by atoms with Crippen LogP contribution < -0.4 is 10.5 Å². The fourth-order valence-electron chi connectivity index (χ4n) is 1.49. The minimum absolute atomic E-state index is 0.0747. The van der Waals surface area contributed by atoms with Crippen molar-refractivity contribution in [2.24, 2.45) is 0 Å². The predicted molar refractivity (Wildman–Crippen MR) is 74.1 cm³/mol. The molecule has 0 unspecified atom stereocenters. The van der Waals surface area contributed by atoms with Crippen LogP contribution >= 0.6 is 0 Å². The second-order valence-electron chi connectivity index (χ2n) is 4.35. The number of carbonyl (C=O) groups is 1. The Kier molecular flexibility index (Phi) is 4.77. The average molecular weight is 286 g/mol. The standard InChI is InChI=1S/C12H18N2O4S/c1-14(4-5-19(3,16)17)12(15)9-6-10(13)8-11(7-9)18-2/h6-8H,4-5,13H2,1-3H3. The summed E-state index contributed by atoms with van der Waals surface area (Å²) >= 11 is 0. The Labute approximate surface area is 113 Å². The zero-order valence-corrected chi connectivity index (χ0v) is 12.0. The molecule has 0 aromatic heterocycles. The summed E-state index contributed by atoms with van der Waals surface area (Å²) < 4.78 is 27.2. The zero-order valence-electron chi connectivity index (χ0n) is 11.2.